The SMILES string of the molecule is [C-]#[N+]c1ccc2c(C)c(C)c(C)nc2c1. The second kappa shape index (κ2) is 3.36. The molecule has 0 unspecified atom stereocenters. The van der Waals surface area contributed by atoms with Crippen molar-refractivity contribution in [2.45, 2.75) is 20.8 Å². The van der Waals surface area contributed by atoms with Gasteiger partial charge in [0.2, 0.25) is 0 Å². The van der Waals surface area contributed by atoms with Crippen molar-refractivity contribution < 1.29 is 0 Å². The molecule has 1 aromatic heterocycles. The van der Waals surface area contributed by atoms with Gasteiger partial charge in [0.15, 0.2) is 5.69 Å². The first kappa shape index (κ1) is 9.67. The second-order valence-electron chi connectivity index (χ2n) is 3.76. The van der Waals surface area contributed by atoms with Gasteiger partial charge in [-0.2, -0.15) is 0 Å². The summed E-state index contributed by atoms with van der Waals surface area (Å²) in [6, 6.07) is 5.68. The summed E-state index contributed by atoms with van der Waals surface area (Å²) in [6.07, 6.45) is 0. The van der Waals surface area contributed by atoms with E-state index >= 15 is 0 Å². The highest BCUT2D eigenvalue weighted by Gasteiger charge is 2.05. The largest absolute Gasteiger partial charge is 0.254 e. The third-order valence-electron chi connectivity index (χ3n) is 2.91. The highest BCUT2D eigenvalue weighted by Crippen LogP contribution is 2.25. The van der Waals surface area contributed by atoms with Crippen molar-refractivity contribution in [1.82, 2.24) is 4.98 Å². The first-order chi connectivity index (χ1) is 7.13. The van der Waals surface area contributed by atoms with Crippen LogP contribution < -0.4 is 0 Å². The van der Waals surface area contributed by atoms with E-state index in [0.717, 1.165) is 16.6 Å². The zero-order chi connectivity index (χ0) is 11.0. The molecule has 0 aliphatic rings. The normalized spacial score (nSPS) is 10.3. The Morgan fingerprint density at radius 2 is 1.87 bits per heavy atom. The summed E-state index contributed by atoms with van der Waals surface area (Å²) < 4.78 is 0. The molecule has 1 aromatic carbocycles. The number of rotatable bonds is 0. The van der Waals surface area contributed by atoms with E-state index in [1.54, 1.807) is 0 Å². The summed E-state index contributed by atoms with van der Waals surface area (Å²) in [5.41, 5.74) is 5.11. The van der Waals surface area contributed by atoms with Crippen molar-refractivity contribution >= 4 is 16.6 Å². The Labute approximate surface area is 89.4 Å². The lowest BCUT2D eigenvalue weighted by atomic mass is 10.0. The number of hydrogen-bond donors (Lipinski definition) is 0. The lowest BCUT2D eigenvalue weighted by Crippen LogP contribution is -1.92. The van der Waals surface area contributed by atoms with Gasteiger partial charge in [-0.1, -0.05) is 12.1 Å². The number of nitrogens with zero attached hydrogens (tertiary/aromatic N) is 2. The Balaban J connectivity index is 2.87. The van der Waals surface area contributed by atoms with Crippen LogP contribution in [0.25, 0.3) is 15.7 Å². The van der Waals surface area contributed by atoms with Gasteiger partial charge in [0, 0.05) is 11.1 Å². The maximum atomic E-state index is 6.97. The molecule has 0 N–H and O–H groups in total. The molecule has 2 nitrogen and oxygen atoms in total. The lowest BCUT2D eigenvalue weighted by molar-refractivity contribution is 1.17. The minimum Gasteiger partial charge on any atom is -0.254 e. The summed E-state index contributed by atoms with van der Waals surface area (Å²) in [6.45, 7) is 13.2. The Morgan fingerprint density at radius 1 is 1.13 bits per heavy atom. The van der Waals surface area contributed by atoms with E-state index in [1.807, 2.05) is 25.1 Å². The molecule has 74 valence electrons. The topological polar surface area (TPSA) is 17.2 Å². The number of hydrogen-bond acceptors (Lipinski definition) is 1. The van der Waals surface area contributed by atoms with Gasteiger partial charge in [-0.3, -0.25) is 4.98 Å². The lowest BCUT2D eigenvalue weighted by Gasteiger charge is -2.08. The summed E-state index contributed by atoms with van der Waals surface area (Å²) in [4.78, 5) is 7.91. The summed E-state index contributed by atoms with van der Waals surface area (Å²) in [5.74, 6) is 0. The first-order valence-corrected chi connectivity index (χ1v) is 4.88. The fraction of sp³-hybridized carbons (Fsp3) is 0.231. The molecule has 2 aromatic rings. The molecule has 0 saturated heterocycles. The van der Waals surface area contributed by atoms with E-state index in [-0.39, 0.29) is 0 Å². The molecule has 0 aliphatic carbocycles. The summed E-state index contributed by atoms with van der Waals surface area (Å²) >= 11 is 0. The van der Waals surface area contributed by atoms with Crippen molar-refractivity contribution in [3.05, 3.63) is 46.4 Å². The van der Waals surface area contributed by atoms with Gasteiger partial charge in [-0.15, -0.1) is 0 Å². The van der Waals surface area contributed by atoms with E-state index < -0.39 is 0 Å². The Kier molecular flexibility index (Phi) is 2.17. The van der Waals surface area contributed by atoms with Gasteiger partial charge in [-0.25, -0.2) is 4.85 Å². The molecule has 0 amide bonds. The molecule has 0 atom stereocenters. The Hall–Kier alpha value is -1.88. The van der Waals surface area contributed by atoms with Gasteiger partial charge in [-0.05, 0) is 38.0 Å². The Bertz CT molecular complexity index is 577. The fourth-order valence-corrected chi connectivity index (χ4v) is 1.74. The van der Waals surface area contributed by atoms with Crippen molar-refractivity contribution in [3.63, 3.8) is 0 Å². The van der Waals surface area contributed by atoms with Crippen molar-refractivity contribution in [2.24, 2.45) is 0 Å². The molecular weight excluding hydrogens is 184 g/mol. The van der Waals surface area contributed by atoms with Gasteiger partial charge in [0.1, 0.15) is 0 Å². The van der Waals surface area contributed by atoms with Crippen LogP contribution in [-0.2, 0) is 0 Å². The highest BCUT2D eigenvalue weighted by atomic mass is 14.7. The van der Waals surface area contributed by atoms with E-state index in [9.17, 15) is 0 Å². The highest BCUT2D eigenvalue weighted by molar-refractivity contribution is 5.86. The quantitative estimate of drug-likeness (QED) is 0.587. The van der Waals surface area contributed by atoms with E-state index in [1.165, 1.54) is 11.1 Å². The monoisotopic (exact) mass is 196 g/mol. The molecule has 0 bridgehead atoms. The number of aromatic nitrogens is 1. The smallest absolute Gasteiger partial charge is 0.189 e. The van der Waals surface area contributed by atoms with Crippen LogP contribution in [0.15, 0.2) is 18.2 Å². The van der Waals surface area contributed by atoms with Crippen LogP contribution in [0.4, 0.5) is 5.69 Å². The molecule has 0 saturated carbocycles. The third kappa shape index (κ3) is 1.46. The van der Waals surface area contributed by atoms with Gasteiger partial charge in [0.25, 0.3) is 0 Å². The maximum absolute atomic E-state index is 6.97. The van der Waals surface area contributed by atoms with Gasteiger partial charge < -0.3 is 0 Å². The Morgan fingerprint density at radius 3 is 2.53 bits per heavy atom. The first-order valence-electron chi connectivity index (χ1n) is 4.88. The molecule has 0 aliphatic heterocycles. The minimum absolute atomic E-state index is 0.651. The molecule has 15 heavy (non-hydrogen) atoms. The van der Waals surface area contributed by atoms with Crippen molar-refractivity contribution in [2.75, 3.05) is 0 Å². The van der Waals surface area contributed by atoms with Gasteiger partial charge >= 0.3 is 0 Å². The maximum Gasteiger partial charge on any atom is 0.189 e. The molecule has 0 radical (unpaired) electrons. The van der Waals surface area contributed by atoms with Crippen LogP contribution in [0.2, 0.25) is 0 Å². The van der Waals surface area contributed by atoms with Crippen LogP contribution in [0.5, 0.6) is 0 Å². The number of pyridine rings is 1. The van der Waals surface area contributed by atoms with Crippen molar-refractivity contribution in [1.29, 1.82) is 0 Å². The minimum atomic E-state index is 0.651. The average Bonchev–Trinajstić information content (AvgIpc) is 2.25. The zero-order valence-corrected chi connectivity index (χ0v) is 9.13. The third-order valence-corrected chi connectivity index (χ3v) is 2.91. The summed E-state index contributed by atoms with van der Waals surface area (Å²) in [7, 11) is 0. The van der Waals surface area contributed by atoms with Crippen LogP contribution >= 0.6 is 0 Å². The van der Waals surface area contributed by atoms with Crippen LogP contribution in [0, 0.1) is 27.3 Å². The zero-order valence-electron chi connectivity index (χ0n) is 9.13. The van der Waals surface area contributed by atoms with Gasteiger partial charge in [0.05, 0.1) is 12.1 Å². The predicted molar refractivity (Wildman–Crippen MR) is 62.2 cm³/mol. The van der Waals surface area contributed by atoms with E-state index in [0.29, 0.717) is 5.69 Å². The molecule has 1 heterocycles. The van der Waals surface area contributed by atoms with Crippen LogP contribution in [-0.4, -0.2) is 4.98 Å². The fourth-order valence-electron chi connectivity index (χ4n) is 1.74. The second-order valence-corrected chi connectivity index (χ2v) is 3.76. The molecule has 2 rings (SSSR count). The molecular formula is C13H12N2. The van der Waals surface area contributed by atoms with E-state index in [4.69, 9.17) is 6.57 Å². The number of benzene rings is 1. The van der Waals surface area contributed by atoms with Crippen LogP contribution in [0.1, 0.15) is 16.8 Å². The number of fused-ring (bicyclic) bond motifs is 1. The number of aryl methyl sites for hydroxylation is 2. The predicted octanol–water partition coefficient (Wildman–Crippen LogP) is 3.71. The molecule has 0 spiro atoms. The average molecular weight is 196 g/mol. The standard InChI is InChI=1S/C13H12N2/c1-8-9(2)12-6-5-11(14-4)7-13(12)15-10(8)3/h5-7H,1-3H3. The van der Waals surface area contributed by atoms with Crippen molar-refractivity contribution in [3.8, 4) is 0 Å². The summed E-state index contributed by atoms with van der Waals surface area (Å²) in [5, 5.41) is 1.14. The molecule has 0 fully saturated rings. The van der Waals surface area contributed by atoms with E-state index in [2.05, 4.69) is 23.7 Å². The van der Waals surface area contributed by atoms with Crippen LogP contribution in [0.3, 0.4) is 0 Å². The molecule has 2 heteroatoms.